The normalized spacial score (nSPS) is 11.2. The third kappa shape index (κ3) is 2.75. The lowest BCUT2D eigenvalue weighted by atomic mass is 10.0. The highest BCUT2D eigenvalue weighted by Crippen LogP contribution is 2.28. The fourth-order valence-corrected chi connectivity index (χ4v) is 3.04. The lowest BCUT2D eigenvalue weighted by molar-refractivity contribution is -0.115. The summed E-state index contributed by atoms with van der Waals surface area (Å²) in [4.78, 5) is 28.7. The van der Waals surface area contributed by atoms with Crippen LogP contribution < -0.4 is 10.9 Å². The number of anilines is 1. The van der Waals surface area contributed by atoms with Gasteiger partial charge in [-0.1, -0.05) is 0 Å². The standard InChI is InChI=1S/C20H16N2O4/c1-11-10-25-17-8-18-15(6-14(11)17)12(2)16(20(24)26-18)7-19(23)22-13-4-3-5-21-9-13/h3-6,8-10H,7H2,1-2H3,(H,22,23). The molecule has 0 bridgehead atoms. The summed E-state index contributed by atoms with van der Waals surface area (Å²) in [7, 11) is 0. The van der Waals surface area contributed by atoms with Gasteiger partial charge in [0.2, 0.25) is 5.91 Å². The fraction of sp³-hybridized carbons (Fsp3) is 0.150. The minimum absolute atomic E-state index is 0.0680. The van der Waals surface area contributed by atoms with Gasteiger partial charge >= 0.3 is 5.63 Å². The Bertz CT molecular complexity index is 1190. The second-order valence-electron chi connectivity index (χ2n) is 6.22. The molecule has 0 aliphatic heterocycles. The number of nitrogens with zero attached hydrogens (tertiary/aromatic N) is 1. The van der Waals surface area contributed by atoms with Crippen molar-refractivity contribution in [2.75, 3.05) is 5.32 Å². The molecule has 4 rings (SSSR count). The molecule has 3 heterocycles. The maximum Gasteiger partial charge on any atom is 0.340 e. The van der Waals surface area contributed by atoms with Crippen molar-refractivity contribution in [1.29, 1.82) is 0 Å². The van der Waals surface area contributed by atoms with Crippen LogP contribution in [0.25, 0.3) is 21.9 Å². The van der Waals surface area contributed by atoms with Crippen LogP contribution in [-0.4, -0.2) is 10.9 Å². The number of furan rings is 1. The van der Waals surface area contributed by atoms with E-state index in [0.29, 0.717) is 22.4 Å². The molecule has 6 nitrogen and oxygen atoms in total. The summed E-state index contributed by atoms with van der Waals surface area (Å²) in [5, 5.41) is 4.49. The zero-order chi connectivity index (χ0) is 18.3. The molecule has 0 spiro atoms. The number of amides is 1. The van der Waals surface area contributed by atoms with E-state index >= 15 is 0 Å². The van der Waals surface area contributed by atoms with Gasteiger partial charge in [0.1, 0.15) is 11.2 Å². The van der Waals surface area contributed by atoms with Crippen molar-refractivity contribution in [3.63, 3.8) is 0 Å². The fourth-order valence-electron chi connectivity index (χ4n) is 3.04. The summed E-state index contributed by atoms with van der Waals surface area (Å²) in [6.45, 7) is 3.78. The second kappa shape index (κ2) is 6.15. The van der Waals surface area contributed by atoms with Crippen LogP contribution in [0, 0.1) is 13.8 Å². The van der Waals surface area contributed by atoms with E-state index < -0.39 is 5.63 Å². The topological polar surface area (TPSA) is 85.3 Å². The first-order chi connectivity index (χ1) is 12.5. The van der Waals surface area contributed by atoms with Crippen LogP contribution in [0.2, 0.25) is 0 Å². The summed E-state index contributed by atoms with van der Waals surface area (Å²) >= 11 is 0. The third-order valence-corrected chi connectivity index (χ3v) is 4.46. The first-order valence-electron chi connectivity index (χ1n) is 8.17. The van der Waals surface area contributed by atoms with E-state index in [1.54, 1.807) is 36.9 Å². The molecule has 26 heavy (non-hydrogen) atoms. The monoisotopic (exact) mass is 348 g/mol. The SMILES string of the molecule is Cc1coc2cc3oc(=O)c(CC(=O)Nc4cccnc4)c(C)c3cc12. The van der Waals surface area contributed by atoms with Crippen LogP contribution in [0.4, 0.5) is 5.69 Å². The molecule has 0 aliphatic rings. The number of aromatic nitrogens is 1. The Labute approximate surface area is 148 Å². The highest BCUT2D eigenvalue weighted by atomic mass is 16.4. The van der Waals surface area contributed by atoms with E-state index in [4.69, 9.17) is 8.83 Å². The molecule has 0 atom stereocenters. The largest absolute Gasteiger partial charge is 0.464 e. The number of nitrogens with one attached hydrogen (secondary N) is 1. The molecule has 1 N–H and O–H groups in total. The van der Waals surface area contributed by atoms with Crippen LogP contribution in [0.1, 0.15) is 16.7 Å². The van der Waals surface area contributed by atoms with Crippen molar-refractivity contribution < 1.29 is 13.6 Å². The van der Waals surface area contributed by atoms with Crippen molar-refractivity contribution in [1.82, 2.24) is 4.98 Å². The Hall–Kier alpha value is -3.41. The lowest BCUT2D eigenvalue weighted by Gasteiger charge is -2.09. The van der Waals surface area contributed by atoms with E-state index in [2.05, 4.69) is 10.3 Å². The van der Waals surface area contributed by atoms with Gasteiger partial charge in [0.05, 0.1) is 30.1 Å². The first-order valence-corrected chi connectivity index (χ1v) is 8.17. The summed E-state index contributed by atoms with van der Waals surface area (Å²) in [6, 6.07) is 7.11. The number of fused-ring (bicyclic) bond motifs is 2. The number of carbonyl (C=O) groups excluding carboxylic acids is 1. The molecule has 0 radical (unpaired) electrons. The average molecular weight is 348 g/mol. The summed E-state index contributed by atoms with van der Waals surface area (Å²) in [5.74, 6) is -0.298. The van der Waals surface area contributed by atoms with Gasteiger partial charge in [0, 0.05) is 23.0 Å². The quantitative estimate of drug-likeness (QED) is 0.570. The molecule has 3 aromatic heterocycles. The van der Waals surface area contributed by atoms with Gasteiger partial charge in [-0.3, -0.25) is 9.78 Å². The molecule has 1 amide bonds. The van der Waals surface area contributed by atoms with Crippen LogP contribution in [0.3, 0.4) is 0 Å². The molecular formula is C20H16N2O4. The van der Waals surface area contributed by atoms with Gasteiger partial charge in [-0.15, -0.1) is 0 Å². The van der Waals surface area contributed by atoms with E-state index in [9.17, 15) is 9.59 Å². The van der Waals surface area contributed by atoms with E-state index in [-0.39, 0.29) is 12.3 Å². The third-order valence-electron chi connectivity index (χ3n) is 4.46. The first kappa shape index (κ1) is 16.1. The lowest BCUT2D eigenvalue weighted by Crippen LogP contribution is -2.20. The Kier molecular flexibility index (Phi) is 3.80. The van der Waals surface area contributed by atoms with Gasteiger partial charge < -0.3 is 14.2 Å². The molecule has 4 aromatic rings. The van der Waals surface area contributed by atoms with Gasteiger partial charge in [0.15, 0.2) is 0 Å². The van der Waals surface area contributed by atoms with E-state index in [1.165, 1.54) is 0 Å². The van der Waals surface area contributed by atoms with Crippen LogP contribution in [0.15, 0.2) is 56.6 Å². The molecule has 6 heteroatoms. The molecule has 0 fully saturated rings. The maximum atomic E-state index is 12.4. The number of hydrogen-bond donors (Lipinski definition) is 1. The van der Waals surface area contributed by atoms with Crippen LogP contribution >= 0.6 is 0 Å². The Balaban J connectivity index is 1.74. The van der Waals surface area contributed by atoms with Crippen molar-refractivity contribution >= 4 is 33.5 Å². The number of pyridine rings is 1. The van der Waals surface area contributed by atoms with Crippen molar-refractivity contribution in [3.8, 4) is 0 Å². The van der Waals surface area contributed by atoms with Crippen LogP contribution in [0.5, 0.6) is 0 Å². The highest BCUT2D eigenvalue weighted by Gasteiger charge is 2.17. The maximum absolute atomic E-state index is 12.4. The Morgan fingerprint density at radius 1 is 1.19 bits per heavy atom. The van der Waals surface area contributed by atoms with Gasteiger partial charge in [-0.25, -0.2) is 4.79 Å². The van der Waals surface area contributed by atoms with Crippen molar-refractivity contribution in [2.45, 2.75) is 20.3 Å². The van der Waals surface area contributed by atoms with E-state index in [1.807, 2.05) is 19.9 Å². The number of carbonyl (C=O) groups is 1. The van der Waals surface area contributed by atoms with Gasteiger partial charge in [-0.05, 0) is 43.2 Å². The summed E-state index contributed by atoms with van der Waals surface area (Å²) < 4.78 is 10.9. The van der Waals surface area contributed by atoms with Gasteiger partial charge in [0.25, 0.3) is 0 Å². The molecule has 130 valence electrons. The smallest absolute Gasteiger partial charge is 0.340 e. The Morgan fingerprint density at radius 3 is 2.81 bits per heavy atom. The molecule has 1 aromatic carbocycles. The van der Waals surface area contributed by atoms with Crippen molar-refractivity contribution in [3.05, 3.63) is 70.0 Å². The molecular weight excluding hydrogens is 332 g/mol. The Morgan fingerprint density at radius 2 is 2.04 bits per heavy atom. The summed E-state index contributed by atoms with van der Waals surface area (Å²) in [5.41, 5.74) is 3.27. The van der Waals surface area contributed by atoms with Crippen LogP contribution in [-0.2, 0) is 11.2 Å². The molecule has 0 saturated heterocycles. The summed E-state index contributed by atoms with van der Waals surface area (Å²) in [6.07, 6.45) is 4.77. The zero-order valence-corrected chi connectivity index (χ0v) is 14.3. The van der Waals surface area contributed by atoms with Gasteiger partial charge in [-0.2, -0.15) is 0 Å². The second-order valence-corrected chi connectivity index (χ2v) is 6.22. The molecule has 0 saturated carbocycles. The molecule has 0 unspecified atom stereocenters. The minimum atomic E-state index is -0.515. The predicted molar refractivity (Wildman–Crippen MR) is 98.3 cm³/mol. The zero-order valence-electron chi connectivity index (χ0n) is 14.3. The number of aryl methyl sites for hydroxylation is 2. The average Bonchev–Trinajstić information content (AvgIpc) is 2.98. The van der Waals surface area contributed by atoms with E-state index in [0.717, 1.165) is 21.9 Å². The number of benzene rings is 1. The molecule has 0 aliphatic carbocycles. The number of rotatable bonds is 3. The minimum Gasteiger partial charge on any atom is -0.464 e. The predicted octanol–water partition coefficient (Wildman–Crippen LogP) is 3.73. The van der Waals surface area contributed by atoms with Crippen molar-refractivity contribution in [2.24, 2.45) is 0 Å². The highest BCUT2D eigenvalue weighted by molar-refractivity contribution is 5.97. The number of hydrogen-bond acceptors (Lipinski definition) is 5.